The van der Waals surface area contributed by atoms with Gasteiger partial charge in [0.2, 0.25) is 10.0 Å². The fourth-order valence-electron chi connectivity index (χ4n) is 2.70. The van der Waals surface area contributed by atoms with E-state index >= 15 is 0 Å². The van der Waals surface area contributed by atoms with Crippen molar-refractivity contribution in [2.45, 2.75) is 18.6 Å². The summed E-state index contributed by atoms with van der Waals surface area (Å²) < 4.78 is 29.9. The maximum Gasteiger partial charge on any atom is 0.208 e. The van der Waals surface area contributed by atoms with E-state index in [1.54, 1.807) is 7.11 Å². The number of rotatable bonds is 6. The topological polar surface area (TPSA) is 78.9 Å². The molecule has 0 saturated carbocycles. The third-order valence-corrected chi connectivity index (χ3v) is 4.35. The van der Waals surface area contributed by atoms with Crippen LogP contribution in [-0.2, 0) is 10.0 Å². The molecule has 1 heterocycles. The zero-order valence-electron chi connectivity index (χ0n) is 12.3. The summed E-state index contributed by atoms with van der Waals surface area (Å²) in [6.45, 7) is 1.45. The Morgan fingerprint density at radius 3 is 2.90 bits per heavy atom. The molecule has 0 aromatic heterocycles. The van der Waals surface area contributed by atoms with E-state index in [1.807, 2.05) is 24.3 Å². The van der Waals surface area contributed by atoms with E-state index in [4.69, 9.17) is 4.74 Å². The van der Waals surface area contributed by atoms with Gasteiger partial charge < -0.3 is 9.84 Å². The second kappa shape index (κ2) is 6.74. The molecule has 0 unspecified atom stereocenters. The largest absolute Gasteiger partial charge is 0.497 e. The molecule has 6 nitrogen and oxygen atoms in total. The van der Waals surface area contributed by atoms with Crippen LogP contribution >= 0.6 is 0 Å². The number of nitrogens with zero attached hydrogens (tertiary/aromatic N) is 1. The molecule has 1 fully saturated rings. The summed E-state index contributed by atoms with van der Waals surface area (Å²) in [7, 11) is -1.56. The van der Waals surface area contributed by atoms with Gasteiger partial charge in [-0.1, -0.05) is 12.1 Å². The smallest absolute Gasteiger partial charge is 0.208 e. The number of hydrogen-bond acceptors (Lipinski definition) is 5. The lowest BCUT2D eigenvalue weighted by molar-refractivity contribution is 0.176. The van der Waals surface area contributed by atoms with Crippen molar-refractivity contribution in [1.82, 2.24) is 9.62 Å². The van der Waals surface area contributed by atoms with Gasteiger partial charge in [-0.2, -0.15) is 0 Å². The molecule has 118 valence electrons. The first kappa shape index (κ1) is 16.2. The Bertz CT molecular complexity index is 576. The minimum atomic E-state index is -3.18. The lowest BCUT2D eigenvalue weighted by atomic mass is 10.0. The zero-order valence-corrected chi connectivity index (χ0v) is 13.1. The van der Waals surface area contributed by atoms with E-state index in [9.17, 15) is 13.5 Å². The Morgan fingerprint density at radius 1 is 1.48 bits per heavy atom. The molecule has 2 N–H and O–H groups in total. The highest BCUT2D eigenvalue weighted by Gasteiger charge is 2.31. The molecule has 1 aromatic carbocycles. The van der Waals surface area contributed by atoms with Crippen molar-refractivity contribution >= 4 is 10.0 Å². The first-order valence-electron chi connectivity index (χ1n) is 6.90. The minimum absolute atomic E-state index is 0.0801. The van der Waals surface area contributed by atoms with Crippen LogP contribution in [0, 0.1) is 0 Å². The third kappa shape index (κ3) is 4.67. The molecule has 7 heteroatoms. The van der Waals surface area contributed by atoms with Crippen molar-refractivity contribution in [3.8, 4) is 5.75 Å². The fraction of sp³-hybridized carbons (Fsp3) is 0.571. The number of nitrogens with one attached hydrogen (secondary N) is 1. The second-order valence-electron chi connectivity index (χ2n) is 5.34. The van der Waals surface area contributed by atoms with Gasteiger partial charge in [-0.3, -0.25) is 4.90 Å². The van der Waals surface area contributed by atoms with Crippen LogP contribution in [-0.4, -0.2) is 57.5 Å². The molecule has 21 heavy (non-hydrogen) atoms. The van der Waals surface area contributed by atoms with Gasteiger partial charge in [0.15, 0.2) is 0 Å². The zero-order chi connectivity index (χ0) is 15.5. The summed E-state index contributed by atoms with van der Waals surface area (Å²) in [5.41, 5.74) is 1.07. The maximum absolute atomic E-state index is 11.1. The van der Waals surface area contributed by atoms with Gasteiger partial charge in [-0.25, -0.2) is 13.1 Å². The second-order valence-corrected chi connectivity index (χ2v) is 7.18. The molecule has 1 aromatic rings. The highest BCUT2D eigenvalue weighted by atomic mass is 32.2. The summed E-state index contributed by atoms with van der Waals surface area (Å²) >= 11 is 0. The molecule has 1 aliphatic heterocycles. The van der Waals surface area contributed by atoms with Gasteiger partial charge in [0, 0.05) is 25.7 Å². The number of aliphatic hydroxyl groups is 1. The molecule has 1 aliphatic rings. The van der Waals surface area contributed by atoms with Crippen LogP contribution in [0.3, 0.4) is 0 Å². The number of benzene rings is 1. The van der Waals surface area contributed by atoms with Gasteiger partial charge in [0.25, 0.3) is 0 Å². The molecular formula is C14H22N2O4S. The van der Waals surface area contributed by atoms with Gasteiger partial charge >= 0.3 is 0 Å². The van der Waals surface area contributed by atoms with Crippen molar-refractivity contribution in [3.05, 3.63) is 29.8 Å². The molecule has 2 atom stereocenters. The van der Waals surface area contributed by atoms with Crippen LogP contribution in [0.1, 0.15) is 18.0 Å². The Morgan fingerprint density at radius 2 is 2.24 bits per heavy atom. The van der Waals surface area contributed by atoms with Crippen LogP contribution in [0.15, 0.2) is 24.3 Å². The van der Waals surface area contributed by atoms with Crippen molar-refractivity contribution in [3.63, 3.8) is 0 Å². The van der Waals surface area contributed by atoms with E-state index in [2.05, 4.69) is 9.62 Å². The molecule has 0 spiro atoms. The van der Waals surface area contributed by atoms with Gasteiger partial charge in [0.05, 0.1) is 19.5 Å². The van der Waals surface area contributed by atoms with E-state index < -0.39 is 10.0 Å². The van der Waals surface area contributed by atoms with Gasteiger partial charge in [-0.05, 0) is 24.1 Å². The van der Waals surface area contributed by atoms with Crippen molar-refractivity contribution in [2.24, 2.45) is 0 Å². The molecule has 0 radical (unpaired) electrons. The van der Waals surface area contributed by atoms with E-state index in [-0.39, 0.29) is 12.1 Å². The molecule has 2 rings (SSSR count). The number of methoxy groups -OCH3 is 1. The predicted octanol–water partition coefficient (Wildman–Crippen LogP) is 0.352. The molecule has 0 aliphatic carbocycles. The van der Waals surface area contributed by atoms with Gasteiger partial charge in [-0.15, -0.1) is 0 Å². The normalized spacial score (nSPS) is 23.4. The van der Waals surface area contributed by atoms with Crippen LogP contribution in [0.2, 0.25) is 0 Å². The number of β-amino-alcohol motifs (C(OH)–C–C–N with tert-alkyl or cyclic N) is 1. The van der Waals surface area contributed by atoms with E-state index in [0.29, 0.717) is 26.1 Å². The number of ether oxygens (including phenoxy) is 1. The first-order valence-corrected chi connectivity index (χ1v) is 8.79. The Kier molecular flexibility index (Phi) is 5.21. The standard InChI is InChI=1S/C14H22N2O4S/c1-20-13-5-3-4-11(8-13)14-9-12(17)10-16(14)7-6-15-21(2,18)19/h3-5,8,12,14-15,17H,6-7,9-10H2,1-2H3/t12-,14+/m0/s1. The van der Waals surface area contributed by atoms with E-state index in [0.717, 1.165) is 17.6 Å². The number of likely N-dealkylation sites (tertiary alicyclic amines) is 1. The molecule has 0 amide bonds. The monoisotopic (exact) mass is 314 g/mol. The average Bonchev–Trinajstić information content (AvgIpc) is 2.78. The Hall–Kier alpha value is -1.15. The quantitative estimate of drug-likeness (QED) is 0.792. The highest BCUT2D eigenvalue weighted by molar-refractivity contribution is 7.88. The maximum atomic E-state index is 11.1. The predicted molar refractivity (Wildman–Crippen MR) is 80.8 cm³/mol. The van der Waals surface area contributed by atoms with E-state index in [1.165, 1.54) is 0 Å². The SMILES string of the molecule is COc1cccc([C@H]2C[C@H](O)CN2CCNS(C)(=O)=O)c1. The van der Waals surface area contributed by atoms with Gasteiger partial charge in [0.1, 0.15) is 5.75 Å². The van der Waals surface area contributed by atoms with Crippen LogP contribution in [0.4, 0.5) is 0 Å². The Balaban J connectivity index is 2.05. The third-order valence-electron chi connectivity index (χ3n) is 3.62. The summed E-state index contributed by atoms with van der Waals surface area (Å²) in [6.07, 6.45) is 1.40. The minimum Gasteiger partial charge on any atom is -0.497 e. The summed E-state index contributed by atoms with van der Waals surface area (Å²) in [4.78, 5) is 2.09. The van der Waals surface area contributed by atoms with Crippen molar-refractivity contribution in [1.29, 1.82) is 0 Å². The van der Waals surface area contributed by atoms with Crippen LogP contribution < -0.4 is 9.46 Å². The molecule has 0 bridgehead atoms. The number of sulfonamides is 1. The highest BCUT2D eigenvalue weighted by Crippen LogP contribution is 2.33. The molecule has 1 saturated heterocycles. The van der Waals surface area contributed by atoms with Crippen molar-refractivity contribution in [2.75, 3.05) is 33.0 Å². The van der Waals surface area contributed by atoms with Crippen LogP contribution in [0.25, 0.3) is 0 Å². The number of hydrogen-bond donors (Lipinski definition) is 2. The Labute approximate surface area is 125 Å². The first-order chi connectivity index (χ1) is 9.89. The summed E-state index contributed by atoms with van der Waals surface area (Å²) in [5.74, 6) is 0.781. The fourth-order valence-corrected chi connectivity index (χ4v) is 3.16. The van der Waals surface area contributed by atoms with Crippen molar-refractivity contribution < 1.29 is 18.3 Å². The summed E-state index contributed by atoms with van der Waals surface area (Å²) in [6, 6.07) is 7.84. The molecular weight excluding hydrogens is 292 g/mol. The number of aliphatic hydroxyl groups excluding tert-OH is 1. The lowest BCUT2D eigenvalue weighted by Gasteiger charge is -2.24. The lowest BCUT2D eigenvalue weighted by Crippen LogP contribution is -2.34. The van der Waals surface area contributed by atoms with Crippen LogP contribution in [0.5, 0.6) is 5.75 Å². The average molecular weight is 314 g/mol. The summed E-state index contributed by atoms with van der Waals surface area (Å²) in [5, 5.41) is 9.91.